The third kappa shape index (κ3) is 3.99. The van der Waals surface area contributed by atoms with Gasteiger partial charge in [0.25, 0.3) is 13.4 Å². The van der Waals surface area contributed by atoms with Crippen molar-refractivity contribution in [3.63, 3.8) is 0 Å². The summed E-state index contributed by atoms with van der Waals surface area (Å²) >= 11 is 0. The van der Waals surface area contributed by atoms with Gasteiger partial charge in [-0.1, -0.05) is 158 Å². The Kier molecular flexibility index (Phi) is 6.15. The molecule has 7 heteroatoms. The summed E-state index contributed by atoms with van der Waals surface area (Å²) in [5, 5.41) is 11.0. The Morgan fingerprint density at radius 3 is 1.27 bits per heavy atom. The highest BCUT2D eigenvalue weighted by Gasteiger charge is 2.49. The minimum atomic E-state index is -0.230. The van der Waals surface area contributed by atoms with Crippen molar-refractivity contribution in [2.75, 3.05) is 9.80 Å². The molecule has 5 heterocycles. The lowest BCUT2D eigenvalue weighted by Crippen LogP contribution is -2.64. The smallest absolute Gasteiger partial charge is 0.338 e. The van der Waals surface area contributed by atoms with E-state index in [0.717, 1.165) is 132 Å². The number of fused-ring (bicyclic) bond motifs is 14. The summed E-state index contributed by atoms with van der Waals surface area (Å²) in [5.41, 5.74) is 13.6. The summed E-state index contributed by atoms with van der Waals surface area (Å²) in [6.07, 6.45) is 0. The second-order valence-electron chi connectivity index (χ2n) is 17.0. The SMILES string of the molecule is O=C1N2c3ccc4ccccc4c3B(c3cccc4c3oc3ccccc34)c3ccc4ccc5c(c4c32)N1c1ccc2ccccc2c1B5c1cccc2c1oc1ccccc12. The molecule has 0 spiro atoms. The van der Waals surface area contributed by atoms with E-state index in [0.29, 0.717) is 0 Å². The molecule has 0 saturated heterocycles. The number of nitrogens with zero attached hydrogens (tertiary/aromatic N) is 2. The van der Waals surface area contributed by atoms with Crippen LogP contribution in [0.5, 0.6) is 0 Å². The Balaban J connectivity index is 1.09. The highest BCUT2D eigenvalue weighted by molar-refractivity contribution is 7.02. The van der Waals surface area contributed by atoms with Gasteiger partial charge >= 0.3 is 6.03 Å². The number of carbonyl (C=O) groups excluding carboxylic acids is 1. The van der Waals surface area contributed by atoms with Crippen LogP contribution in [0, 0.1) is 0 Å². The van der Waals surface area contributed by atoms with E-state index in [4.69, 9.17) is 8.83 Å². The van der Waals surface area contributed by atoms with Gasteiger partial charge in [0.15, 0.2) is 0 Å². The molecule has 0 fully saturated rings. The Labute approximate surface area is 355 Å². The maximum absolute atomic E-state index is 16.1. The zero-order valence-electron chi connectivity index (χ0n) is 33.1. The number of hydrogen-bond donors (Lipinski definition) is 0. The molecule has 62 heavy (non-hydrogen) atoms. The summed E-state index contributed by atoms with van der Waals surface area (Å²) in [6, 6.07) is 64.4. The Morgan fingerprint density at radius 2 is 0.774 bits per heavy atom. The molecular weight excluding hydrogens is 758 g/mol. The number of anilines is 4. The van der Waals surface area contributed by atoms with E-state index in [9.17, 15) is 0 Å². The zero-order chi connectivity index (χ0) is 40.4. The van der Waals surface area contributed by atoms with Gasteiger partial charge in [-0.15, -0.1) is 0 Å². The topological polar surface area (TPSA) is 49.8 Å². The van der Waals surface area contributed by atoms with Crippen LogP contribution in [0.25, 0.3) is 76.2 Å². The molecule has 0 N–H and O–H groups in total. The average Bonchev–Trinajstić information content (AvgIpc) is 3.91. The van der Waals surface area contributed by atoms with Gasteiger partial charge in [-0.25, -0.2) is 4.79 Å². The van der Waals surface area contributed by atoms with Crippen LogP contribution >= 0.6 is 0 Å². The van der Waals surface area contributed by atoms with E-state index in [1.54, 1.807) is 0 Å². The summed E-state index contributed by atoms with van der Waals surface area (Å²) in [6.45, 7) is -0.461. The molecule has 5 nitrogen and oxygen atoms in total. The molecule has 2 amide bonds. The molecular formula is C55H30B2N2O3. The Hall–Kier alpha value is -8.02. The molecule has 0 bridgehead atoms. The summed E-state index contributed by atoms with van der Waals surface area (Å²) in [7, 11) is 0. The van der Waals surface area contributed by atoms with Crippen LogP contribution in [0.4, 0.5) is 27.5 Å². The molecule has 0 saturated carbocycles. The van der Waals surface area contributed by atoms with E-state index >= 15 is 4.79 Å². The fraction of sp³-hybridized carbons (Fsp3) is 0. The van der Waals surface area contributed by atoms with E-state index in [-0.39, 0.29) is 19.5 Å². The highest BCUT2D eigenvalue weighted by atomic mass is 16.3. The maximum Gasteiger partial charge on any atom is 0.338 e. The van der Waals surface area contributed by atoms with E-state index < -0.39 is 0 Å². The second-order valence-corrected chi connectivity index (χ2v) is 17.0. The molecule has 15 rings (SSSR count). The quantitative estimate of drug-likeness (QED) is 0.164. The van der Waals surface area contributed by atoms with Gasteiger partial charge in [-0.3, -0.25) is 9.80 Å². The first-order chi connectivity index (χ1) is 30.7. The van der Waals surface area contributed by atoms with Gasteiger partial charge in [0.05, 0.1) is 11.4 Å². The van der Waals surface area contributed by atoms with Gasteiger partial charge in [0.2, 0.25) is 0 Å². The van der Waals surface area contributed by atoms with Crippen molar-refractivity contribution in [2.45, 2.75) is 0 Å². The van der Waals surface area contributed by atoms with Crippen LogP contribution < -0.4 is 42.6 Å². The van der Waals surface area contributed by atoms with Crippen molar-refractivity contribution in [1.29, 1.82) is 0 Å². The first kappa shape index (κ1) is 32.8. The summed E-state index contributed by atoms with van der Waals surface area (Å²) in [5.74, 6) is 0. The first-order valence-corrected chi connectivity index (χ1v) is 21.3. The molecule has 12 aromatic rings. The van der Waals surface area contributed by atoms with Gasteiger partial charge in [-0.05, 0) is 84.0 Å². The summed E-state index contributed by atoms with van der Waals surface area (Å²) in [4.78, 5) is 20.2. The average molecular weight is 788 g/mol. The molecule has 10 aromatic carbocycles. The van der Waals surface area contributed by atoms with Gasteiger partial charge in [0, 0.05) is 38.3 Å². The van der Waals surface area contributed by atoms with Crippen LogP contribution in [0.2, 0.25) is 0 Å². The van der Waals surface area contributed by atoms with Gasteiger partial charge < -0.3 is 8.83 Å². The number of urea groups is 1. The number of benzene rings is 10. The minimum absolute atomic E-state index is 0.0902. The van der Waals surface area contributed by atoms with E-state index in [1.165, 1.54) is 0 Å². The molecule has 2 aromatic heterocycles. The number of carbonyl (C=O) groups is 1. The van der Waals surface area contributed by atoms with E-state index in [1.807, 2.05) is 34.1 Å². The lowest BCUT2D eigenvalue weighted by molar-refractivity contribution is 0.255. The zero-order valence-corrected chi connectivity index (χ0v) is 33.1. The first-order valence-electron chi connectivity index (χ1n) is 21.3. The third-order valence-corrected chi connectivity index (χ3v) is 14.1. The monoisotopic (exact) mass is 788 g/mol. The Morgan fingerprint density at radius 1 is 0.355 bits per heavy atom. The highest BCUT2D eigenvalue weighted by Crippen LogP contribution is 2.48. The number of furan rings is 2. The second kappa shape index (κ2) is 11.6. The van der Waals surface area contributed by atoms with Crippen molar-refractivity contribution in [1.82, 2.24) is 0 Å². The maximum atomic E-state index is 16.1. The van der Waals surface area contributed by atoms with Crippen LogP contribution in [-0.4, -0.2) is 19.5 Å². The lowest BCUT2D eigenvalue weighted by atomic mass is 9.33. The largest absolute Gasteiger partial charge is 0.457 e. The van der Waals surface area contributed by atoms with Crippen LogP contribution in [-0.2, 0) is 0 Å². The predicted octanol–water partition coefficient (Wildman–Crippen LogP) is 10.0. The number of para-hydroxylation sites is 4. The number of hydrogen-bond acceptors (Lipinski definition) is 3. The molecule has 0 radical (unpaired) electrons. The minimum Gasteiger partial charge on any atom is -0.457 e. The predicted molar refractivity (Wildman–Crippen MR) is 258 cm³/mol. The summed E-state index contributed by atoms with van der Waals surface area (Å²) < 4.78 is 13.6. The van der Waals surface area contributed by atoms with E-state index in [2.05, 4.69) is 158 Å². The fourth-order valence-electron chi connectivity index (χ4n) is 11.6. The molecule has 0 atom stereocenters. The van der Waals surface area contributed by atoms with Crippen LogP contribution in [0.3, 0.4) is 0 Å². The molecule has 3 aliphatic rings. The molecule has 0 aliphatic carbocycles. The van der Waals surface area contributed by atoms with Crippen molar-refractivity contribution in [3.05, 3.63) is 182 Å². The normalized spacial score (nSPS) is 14.0. The number of rotatable bonds is 2. The van der Waals surface area contributed by atoms with Crippen molar-refractivity contribution in [2.24, 2.45) is 0 Å². The van der Waals surface area contributed by atoms with Crippen LogP contribution in [0.1, 0.15) is 0 Å². The van der Waals surface area contributed by atoms with Gasteiger partial charge in [0.1, 0.15) is 22.3 Å². The van der Waals surface area contributed by atoms with Crippen molar-refractivity contribution >= 4 is 151 Å². The van der Waals surface area contributed by atoms with Crippen molar-refractivity contribution in [3.8, 4) is 0 Å². The van der Waals surface area contributed by atoms with Crippen LogP contribution in [0.15, 0.2) is 191 Å². The Bertz CT molecular complexity index is 3760. The lowest BCUT2D eigenvalue weighted by Gasteiger charge is -2.46. The molecule has 0 unspecified atom stereocenters. The fourth-order valence-corrected chi connectivity index (χ4v) is 11.6. The molecule has 284 valence electrons. The third-order valence-electron chi connectivity index (χ3n) is 14.1. The molecule has 3 aliphatic heterocycles. The van der Waals surface area contributed by atoms with Gasteiger partial charge in [-0.2, -0.15) is 0 Å². The number of amides is 2. The standard InChI is InChI=1S/C55H30B2N2O3/c60-55-58-44-29-25-31-11-1-3-13-34(31)49(44)56(42-19-9-17-38-36-15-5-7-21-46(36)61-53(38)42)40-27-23-33-24-28-41-52(48(33)51(40)58)59(55)45-30-26-32-12-2-4-14-35(32)50(45)57(41)43-20-10-18-39-37-16-6-8-22-47(37)62-54(39)43/h1-30H. The van der Waals surface area contributed by atoms with Crippen molar-refractivity contribution < 1.29 is 13.6 Å².